The molecule has 0 spiro atoms. The summed E-state index contributed by atoms with van der Waals surface area (Å²) in [5.41, 5.74) is 0. The minimum Gasteiger partial charge on any atom is -0.497 e. The van der Waals surface area contributed by atoms with E-state index in [1.54, 1.807) is 24.3 Å². The lowest BCUT2D eigenvalue weighted by Crippen LogP contribution is -2.44. The van der Waals surface area contributed by atoms with Gasteiger partial charge in [-0.1, -0.05) is 0 Å². The van der Waals surface area contributed by atoms with E-state index in [-0.39, 0.29) is 0 Å². The van der Waals surface area contributed by atoms with E-state index >= 15 is 0 Å². The molecule has 8 heteroatoms. The Morgan fingerprint density at radius 2 is 1.81 bits per heavy atom. The Kier molecular flexibility index (Phi) is 6.38. The van der Waals surface area contributed by atoms with E-state index in [2.05, 4.69) is 0 Å². The number of nitrogens with one attached hydrogen (secondary N) is 1. The molecule has 0 aliphatic carbocycles. The van der Waals surface area contributed by atoms with Crippen molar-refractivity contribution >= 4 is 11.9 Å². The Morgan fingerprint density at radius 1 is 1.24 bits per heavy atom. The van der Waals surface area contributed by atoms with Crippen LogP contribution in [0.5, 0.6) is 11.5 Å². The van der Waals surface area contributed by atoms with Crippen molar-refractivity contribution in [2.45, 2.75) is 18.9 Å². The molecule has 116 valence electrons. The normalized spacial score (nSPS) is 11.8. The van der Waals surface area contributed by atoms with Crippen molar-refractivity contribution in [2.24, 2.45) is 0 Å². The van der Waals surface area contributed by atoms with Gasteiger partial charge >= 0.3 is 5.97 Å². The summed E-state index contributed by atoms with van der Waals surface area (Å²) in [5, 5.41) is 10.7. The van der Waals surface area contributed by atoms with Gasteiger partial charge in [0.2, 0.25) is 6.43 Å². The fourth-order valence-electron chi connectivity index (χ4n) is 1.46. The Morgan fingerprint density at radius 3 is 2.29 bits per heavy atom. The number of methoxy groups -OCH3 is 1. The van der Waals surface area contributed by atoms with Gasteiger partial charge in [-0.3, -0.25) is 4.79 Å². The first-order chi connectivity index (χ1) is 9.92. The lowest BCUT2D eigenvalue weighted by Gasteiger charge is -2.14. The van der Waals surface area contributed by atoms with Crippen LogP contribution in [0.4, 0.5) is 8.78 Å². The van der Waals surface area contributed by atoms with Crippen LogP contribution in [-0.2, 0) is 9.59 Å². The number of benzene rings is 1. The lowest BCUT2D eigenvalue weighted by molar-refractivity contribution is -0.143. The number of carbonyl (C=O) groups is 2. The fraction of sp³-hybridized carbons (Fsp3) is 0.385. The number of amides is 1. The maximum atomic E-state index is 12.2. The molecule has 21 heavy (non-hydrogen) atoms. The molecule has 2 N–H and O–H groups in total. The minimum atomic E-state index is -2.83. The third kappa shape index (κ3) is 6.07. The van der Waals surface area contributed by atoms with Crippen molar-refractivity contribution in [2.75, 3.05) is 13.7 Å². The van der Waals surface area contributed by atoms with E-state index in [9.17, 15) is 18.4 Å². The smallest absolute Gasteiger partial charge is 0.326 e. The maximum Gasteiger partial charge on any atom is 0.326 e. The topological polar surface area (TPSA) is 84.9 Å². The zero-order chi connectivity index (χ0) is 15.8. The molecule has 0 aromatic heterocycles. The third-order valence-electron chi connectivity index (χ3n) is 2.48. The average molecular weight is 303 g/mol. The summed E-state index contributed by atoms with van der Waals surface area (Å²) in [6.45, 7) is -0.473. The zero-order valence-corrected chi connectivity index (χ0v) is 11.2. The van der Waals surface area contributed by atoms with Crippen LogP contribution in [0.3, 0.4) is 0 Å². The molecule has 0 fully saturated rings. The van der Waals surface area contributed by atoms with Crippen LogP contribution in [0.1, 0.15) is 6.42 Å². The number of alkyl halides is 2. The molecule has 1 aromatic carbocycles. The number of carbonyl (C=O) groups excluding carboxylic acids is 1. The first kappa shape index (κ1) is 16.7. The number of hydrogen-bond acceptors (Lipinski definition) is 4. The van der Waals surface area contributed by atoms with Crippen LogP contribution in [0.25, 0.3) is 0 Å². The molecule has 1 atom stereocenters. The SMILES string of the molecule is COc1ccc(OCC(=O)NC(CC(F)F)C(=O)O)cc1. The van der Waals surface area contributed by atoms with Crippen molar-refractivity contribution in [3.63, 3.8) is 0 Å². The van der Waals surface area contributed by atoms with Crippen LogP contribution < -0.4 is 14.8 Å². The number of aliphatic carboxylic acids is 1. The van der Waals surface area contributed by atoms with Crippen molar-refractivity contribution in [1.29, 1.82) is 0 Å². The Bertz CT molecular complexity index is 478. The number of carboxylic acids is 1. The Hall–Kier alpha value is -2.38. The molecule has 0 radical (unpaired) electrons. The summed E-state index contributed by atoms with van der Waals surface area (Å²) >= 11 is 0. The van der Waals surface area contributed by atoms with Gasteiger partial charge in [0.25, 0.3) is 5.91 Å². The number of carboxylic acid groups (broad SMARTS) is 1. The summed E-state index contributed by atoms with van der Waals surface area (Å²) in [4.78, 5) is 22.2. The molecule has 0 bridgehead atoms. The van der Waals surface area contributed by atoms with E-state index < -0.39 is 37.4 Å². The second-order valence-corrected chi connectivity index (χ2v) is 4.05. The molecule has 1 unspecified atom stereocenters. The Balaban J connectivity index is 2.46. The van der Waals surface area contributed by atoms with E-state index in [0.29, 0.717) is 11.5 Å². The highest BCUT2D eigenvalue weighted by molar-refractivity contribution is 5.84. The predicted octanol–water partition coefficient (Wildman–Crippen LogP) is 1.30. The van der Waals surface area contributed by atoms with Crippen molar-refractivity contribution in [1.82, 2.24) is 5.32 Å². The van der Waals surface area contributed by atoms with Gasteiger partial charge < -0.3 is 19.9 Å². The van der Waals surface area contributed by atoms with Gasteiger partial charge in [-0.25, -0.2) is 13.6 Å². The highest BCUT2D eigenvalue weighted by Gasteiger charge is 2.24. The molecule has 0 saturated carbocycles. The van der Waals surface area contributed by atoms with Crippen LogP contribution in [0, 0.1) is 0 Å². The molecule has 0 heterocycles. The van der Waals surface area contributed by atoms with Crippen LogP contribution in [-0.4, -0.2) is 43.2 Å². The summed E-state index contributed by atoms with van der Waals surface area (Å²) in [6, 6.07) is 4.70. The van der Waals surface area contributed by atoms with Gasteiger partial charge in [-0.15, -0.1) is 0 Å². The summed E-state index contributed by atoms with van der Waals surface area (Å²) < 4.78 is 34.4. The van der Waals surface area contributed by atoms with E-state index in [4.69, 9.17) is 14.6 Å². The first-order valence-electron chi connectivity index (χ1n) is 5.99. The number of halogens is 2. The third-order valence-corrected chi connectivity index (χ3v) is 2.48. The molecular weight excluding hydrogens is 288 g/mol. The van der Waals surface area contributed by atoms with Crippen molar-refractivity contribution in [3.8, 4) is 11.5 Å². The second kappa shape index (κ2) is 8.03. The molecule has 1 aromatic rings. The second-order valence-electron chi connectivity index (χ2n) is 4.05. The first-order valence-corrected chi connectivity index (χ1v) is 5.99. The fourth-order valence-corrected chi connectivity index (χ4v) is 1.46. The highest BCUT2D eigenvalue weighted by atomic mass is 19.3. The molecule has 1 amide bonds. The van der Waals surface area contributed by atoms with Gasteiger partial charge in [-0.05, 0) is 24.3 Å². The Labute approximate surface area is 119 Å². The number of hydrogen-bond donors (Lipinski definition) is 2. The monoisotopic (exact) mass is 303 g/mol. The molecule has 1 rings (SSSR count). The van der Waals surface area contributed by atoms with Gasteiger partial charge in [0.15, 0.2) is 6.61 Å². The van der Waals surface area contributed by atoms with Crippen molar-refractivity contribution in [3.05, 3.63) is 24.3 Å². The molecule has 0 aliphatic heterocycles. The van der Waals surface area contributed by atoms with Crippen molar-refractivity contribution < 1.29 is 33.0 Å². The van der Waals surface area contributed by atoms with Crippen LogP contribution in [0.15, 0.2) is 24.3 Å². The standard InChI is InChI=1S/C13H15F2NO5/c1-20-8-2-4-9(5-3-8)21-7-12(17)16-10(13(18)19)6-11(14)15/h2-5,10-11H,6-7H2,1H3,(H,16,17)(H,18,19). The molecular formula is C13H15F2NO5. The number of ether oxygens (including phenoxy) is 2. The van der Waals surface area contributed by atoms with Crippen LogP contribution >= 0.6 is 0 Å². The average Bonchev–Trinajstić information content (AvgIpc) is 2.44. The van der Waals surface area contributed by atoms with Gasteiger partial charge in [0.05, 0.1) is 7.11 Å². The van der Waals surface area contributed by atoms with E-state index in [1.165, 1.54) is 7.11 Å². The highest BCUT2D eigenvalue weighted by Crippen LogP contribution is 2.16. The minimum absolute atomic E-state index is 0.367. The zero-order valence-electron chi connectivity index (χ0n) is 11.2. The van der Waals surface area contributed by atoms with Gasteiger partial charge in [-0.2, -0.15) is 0 Å². The van der Waals surface area contributed by atoms with Gasteiger partial charge in [0.1, 0.15) is 17.5 Å². The number of rotatable bonds is 8. The molecule has 0 saturated heterocycles. The largest absolute Gasteiger partial charge is 0.497 e. The van der Waals surface area contributed by atoms with Crippen LogP contribution in [0.2, 0.25) is 0 Å². The summed E-state index contributed by atoms with van der Waals surface area (Å²) in [6.07, 6.45) is -3.78. The quantitative estimate of drug-likeness (QED) is 0.756. The van der Waals surface area contributed by atoms with E-state index in [1.807, 2.05) is 5.32 Å². The van der Waals surface area contributed by atoms with E-state index in [0.717, 1.165) is 0 Å². The summed E-state index contributed by atoms with van der Waals surface area (Å²) in [5.74, 6) is -1.34. The molecule has 6 nitrogen and oxygen atoms in total. The molecule has 0 aliphatic rings. The predicted molar refractivity (Wildman–Crippen MR) is 68.7 cm³/mol. The lowest BCUT2D eigenvalue weighted by atomic mass is 10.2. The summed E-state index contributed by atoms with van der Waals surface area (Å²) in [7, 11) is 1.50. The van der Waals surface area contributed by atoms with Gasteiger partial charge in [0, 0.05) is 6.42 Å². The maximum absolute atomic E-state index is 12.2.